The van der Waals surface area contributed by atoms with Crippen LogP contribution in [-0.2, 0) is 39.1 Å². The summed E-state index contributed by atoms with van der Waals surface area (Å²) >= 11 is 1.47. The van der Waals surface area contributed by atoms with Crippen LogP contribution in [0.3, 0.4) is 0 Å². The number of rotatable bonds is 11. The number of aromatic nitrogens is 2. The van der Waals surface area contributed by atoms with E-state index in [1.165, 1.54) is 11.8 Å². The number of benzene rings is 1. The molecule has 0 aliphatic carbocycles. The van der Waals surface area contributed by atoms with Crippen LogP contribution in [0.1, 0.15) is 49.4 Å². The van der Waals surface area contributed by atoms with Gasteiger partial charge in [0.2, 0.25) is 5.91 Å². The fraction of sp³-hybridized carbons (Fsp3) is 0.538. The molecule has 0 spiro atoms. The molecule has 0 radical (unpaired) electrons. The zero-order valence-electron chi connectivity index (χ0n) is 20.8. The SMILES string of the molecule is CCOC(=O)C1CCCN(C(=O)CCCSc2nc(COC)c(Cc3ccccc3)c(=O)n2C)C1. The van der Waals surface area contributed by atoms with E-state index < -0.39 is 0 Å². The van der Waals surface area contributed by atoms with Crippen molar-refractivity contribution in [1.82, 2.24) is 14.5 Å². The number of likely N-dealkylation sites (tertiary alicyclic amines) is 1. The number of methoxy groups -OCH3 is 1. The third-order valence-corrected chi connectivity index (χ3v) is 7.21. The molecule has 1 amide bonds. The molecule has 1 unspecified atom stereocenters. The normalized spacial score (nSPS) is 15.7. The third-order valence-electron chi connectivity index (χ3n) is 6.09. The maximum Gasteiger partial charge on any atom is 0.310 e. The van der Waals surface area contributed by atoms with E-state index in [4.69, 9.17) is 14.5 Å². The predicted octanol–water partition coefficient (Wildman–Crippen LogP) is 3.19. The number of hydrogen-bond acceptors (Lipinski definition) is 7. The summed E-state index contributed by atoms with van der Waals surface area (Å²) in [7, 11) is 3.33. The van der Waals surface area contributed by atoms with Gasteiger partial charge in [-0.15, -0.1) is 0 Å². The number of hydrogen-bond donors (Lipinski definition) is 0. The van der Waals surface area contributed by atoms with Gasteiger partial charge in [0, 0.05) is 51.4 Å². The Labute approximate surface area is 211 Å². The van der Waals surface area contributed by atoms with Crippen LogP contribution < -0.4 is 5.56 Å². The molecule has 9 heteroatoms. The van der Waals surface area contributed by atoms with Gasteiger partial charge in [-0.25, -0.2) is 4.98 Å². The average molecular weight is 502 g/mol. The van der Waals surface area contributed by atoms with Crippen molar-refractivity contribution < 1.29 is 19.1 Å². The van der Waals surface area contributed by atoms with Crippen LogP contribution in [0.4, 0.5) is 0 Å². The minimum absolute atomic E-state index is 0.0553. The molecule has 1 aromatic carbocycles. The summed E-state index contributed by atoms with van der Waals surface area (Å²) in [5.74, 6) is 0.273. The summed E-state index contributed by atoms with van der Waals surface area (Å²) in [5, 5.41) is 0.617. The zero-order valence-corrected chi connectivity index (χ0v) is 21.6. The van der Waals surface area contributed by atoms with Crippen molar-refractivity contribution in [2.75, 3.05) is 32.6 Å². The van der Waals surface area contributed by atoms with E-state index in [-0.39, 0.29) is 30.0 Å². The van der Waals surface area contributed by atoms with Gasteiger partial charge in [0.05, 0.1) is 24.8 Å². The predicted molar refractivity (Wildman–Crippen MR) is 135 cm³/mol. The van der Waals surface area contributed by atoms with Gasteiger partial charge in [0.15, 0.2) is 5.16 Å². The lowest BCUT2D eigenvalue weighted by molar-refractivity contribution is -0.151. The van der Waals surface area contributed by atoms with E-state index in [0.29, 0.717) is 61.1 Å². The highest BCUT2D eigenvalue weighted by Gasteiger charge is 2.29. The maximum atomic E-state index is 13.1. The molecule has 2 aromatic rings. The monoisotopic (exact) mass is 501 g/mol. The first kappa shape index (κ1) is 26.9. The van der Waals surface area contributed by atoms with Crippen molar-refractivity contribution in [3.05, 3.63) is 57.5 Å². The highest BCUT2D eigenvalue weighted by atomic mass is 32.2. The van der Waals surface area contributed by atoms with E-state index in [0.717, 1.165) is 18.4 Å². The zero-order chi connectivity index (χ0) is 25.2. The van der Waals surface area contributed by atoms with Crippen molar-refractivity contribution in [2.45, 2.75) is 50.8 Å². The number of nitrogens with zero attached hydrogens (tertiary/aromatic N) is 3. The molecule has 0 bridgehead atoms. The molecule has 1 saturated heterocycles. The average Bonchev–Trinajstić information content (AvgIpc) is 2.87. The number of ether oxygens (including phenoxy) is 2. The summed E-state index contributed by atoms with van der Waals surface area (Å²) in [6.07, 6.45) is 3.13. The molecule has 190 valence electrons. The Kier molecular flexibility index (Phi) is 10.3. The Hall–Kier alpha value is -2.65. The van der Waals surface area contributed by atoms with E-state index in [2.05, 4.69) is 0 Å². The van der Waals surface area contributed by atoms with Gasteiger partial charge < -0.3 is 14.4 Å². The van der Waals surface area contributed by atoms with Crippen LogP contribution in [0.5, 0.6) is 0 Å². The molecule has 1 aliphatic rings. The Bertz CT molecular complexity index is 1060. The van der Waals surface area contributed by atoms with E-state index in [9.17, 15) is 14.4 Å². The summed E-state index contributed by atoms with van der Waals surface area (Å²) in [4.78, 5) is 44.4. The van der Waals surface area contributed by atoms with Gasteiger partial charge in [-0.2, -0.15) is 0 Å². The fourth-order valence-electron chi connectivity index (χ4n) is 4.23. The number of carbonyl (C=O) groups excluding carboxylic acids is 2. The Morgan fingerprint density at radius 3 is 2.71 bits per heavy atom. The molecular formula is C26H35N3O5S. The molecule has 1 aliphatic heterocycles. The Balaban J connectivity index is 1.58. The molecule has 35 heavy (non-hydrogen) atoms. The van der Waals surface area contributed by atoms with Crippen LogP contribution in [0.25, 0.3) is 0 Å². The van der Waals surface area contributed by atoms with Gasteiger partial charge in [0.25, 0.3) is 5.56 Å². The first-order valence-corrected chi connectivity index (χ1v) is 13.1. The number of thioether (sulfide) groups is 1. The number of piperidine rings is 1. The Morgan fingerprint density at radius 2 is 2.00 bits per heavy atom. The van der Waals surface area contributed by atoms with Crippen molar-refractivity contribution in [3.63, 3.8) is 0 Å². The van der Waals surface area contributed by atoms with Gasteiger partial charge in [-0.1, -0.05) is 42.1 Å². The van der Waals surface area contributed by atoms with Crippen molar-refractivity contribution in [1.29, 1.82) is 0 Å². The summed E-state index contributed by atoms with van der Waals surface area (Å²) in [5.41, 5.74) is 2.26. The van der Waals surface area contributed by atoms with Crippen LogP contribution in [0.15, 0.2) is 40.3 Å². The number of esters is 1. The maximum absolute atomic E-state index is 13.1. The van der Waals surface area contributed by atoms with Crippen molar-refractivity contribution in [2.24, 2.45) is 13.0 Å². The van der Waals surface area contributed by atoms with E-state index >= 15 is 0 Å². The minimum atomic E-state index is -0.227. The number of amides is 1. The van der Waals surface area contributed by atoms with Gasteiger partial charge >= 0.3 is 5.97 Å². The topological polar surface area (TPSA) is 90.7 Å². The quantitative estimate of drug-likeness (QED) is 0.202. The van der Waals surface area contributed by atoms with Crippen molar-refractivity contribution >= 4 is 23.6 Å². The molecular weight excluding hydrogens is 466 g/mol. The lowest BCUT2D eigenvalue weighted by Crippen LogP contribution is -2.42. The molecule has 0 N–H and O–H groups in total. The first-order chi connectivity index (χ1) is 16.9. The standard InChI is InChI=1S/C26H35N3O5S/c1-4-34-25(32)20-12-8-14-29(17-20)23(30)13-9-15-35-26-27-22(18-33-3)21(24(31)28(26)2)16-19-10-6-5-7-11-19/h5-7,10-11,20H,4,8-9,12-18H2,1-3H3. The van der Waals surface area contributed by atoms with Gasteiger partial charge in [0.1, 0.15) is 0 Å². The number of carbonyl (C=O) groups is 2. The first-order valence-electron chi connectivity index (χ1n) is 12.1. The largest absolute Gasteiger partial charge is 0.466 e. The molecule has 1 fully saturated rings. The second-order valence-electron chi connectivity index (χ2n) is 8.66. The lowest BCUT2D eigenvalue weighted by atomic mass is 9.98. The molecule has 1 atom stereocenters. The van der Waals surface area contributed by atoms with Crippen LogP contribution in [0.2, 0.25) is 0 Å². The smallest absolute Gasteiger partial charge is 0.310 e. The second kappa shape index (κ2) is 13.4. The van der Waals surface area contributed by atoms with Crippen LogP contribution in [-0.4, -0.2) is 58.9 Å². The van der Waals surface area contributed by atoms with Gasteiger partial charge in [-0.3, -0.25) is 19.0 Å². The van der Waals surface area contributed by atoms with E-state index in [1.54, 1.807) is 30.5 Å². The minimum Gasteiger partial charge on any atom is -0.466 e. The van der Waals surface area contributed by atoms with Crippen LogP contribution >= 0.6 is 11.8 Å². The summed E-state index contributed by atoms with van der Waals surface area (Å²) in [6, 6.07) is 9.84. The van der Waals surface area contributed by atoms with Crippen LogP contribution in [0, 0.1) is 5.92 Å². The molecule has 3 rings (SSSR count). The molecule has 0 saturated carbocycles. The highest BCUT2D eigenvalue weighted by molar-refractivity contribution is 7.99. The second-order valence-corrected chi connectivity index (χ2v) is 9.72. The lowest BCUT2D eigenvalue weighted by Gasteiger charge is -2.31. The highest BCUT2D eigenvalue weighted by Crippen LogP contribution is 2.21. The van der Waals surface area contributed by atoms with Crippen molar-refractivity contribution in [3.8, 4) is 0 Å². The van der Waals surface area contributed by atoms with Gasteiger partial charge in [-0.05, 0) is 31.7 Å². The van der Waals surface area contributed by atoms with E-state index in [1.807, 2.05) is 30.3 Å². The summed E-state index contributed by atoms with van der Waals surface area (Å²) < 4.78 is 12.0. The summed E-state index contributed by atoms with van der Waals surface area (Å²) in [6.45, 7) is 3.53. The fourth-order valence-corrected chi connectivity index (χ4v) is 5.16. The Morgan fingerprint density at radius 1 is 1.23 bits per heavy atom. The molecule has 2 heterocycles. The molecule has 8 nitrogen and oxygen atoms in total. The molecule has 1 aromatic heterocycles. The third kappa shape index (κ3) is 7.41.